The van der Waals surface area contributed by atoms with Crippen LogP contribution in [0.25, 0.3) is 0 Å². The molecule has 0 aromatic carbocycles. The minimum absolute atomic E-state index is 0.193. The molecule has 6 heteroatoms. The number of nitrogens with one attached hydrogen (secondary N) is 1. The van der Waals surface area contributed by atoms with E-state index in [-0.39, 0.29) is 5.82 Å². The van der Waals surface area contributed by atoms with Gasteiger partial charge in [0.15, 0.2) is 0 Å². The molecule has 1 saturated carbocycles. The Hall–Kier alpha value is -1.92. The first-order chi connectivity index (χ1) is 9.21. The number of nitrogens with zero attached hydrogens (tertiary/aromatic N) is 5. The number of hydrogen-bond acceptors (Lipinski definition) is 5. The molecule has 100 valence electrons. The van der Waals surface area contributed by atoms with Gasteiger partial charge in [-0.05, 0) is 32.1 Å². The molecule has 1 unspecified atom stereocenters. The number of aryl methyl sites for hydroxylation is 1. The molecule has 0 radical (unpaired) electrons. The summed E-state index contributed by atoms with van der Waals surface area (Å²) in [7, 11) is 0. The molecule has 1 aliphatic rings. The molecule has 0 bridgehead atoms. The summed E-state index contributed by atoms with van der Waals surface area (Å²) in [6.07, 6.45) is 6.36. The molecule has 0 aliphatic heterocycles. The van der Waals surface area contributed by atoms with Gasteiger partial charge in [0.1, 0.15) is 17.9 Å². The van der Waals surface area contributed by atoms with Crippen LogP contribution in [0, 0.1) is 22.7 Å². The predicted molar refractivity (Wildman–Crippen MR) is 68.8 cm³/mol. The van der Waals surface area contributed by atoms with Crippen LogP contribution in [0.3, 0.4) is 0 Å². The molecule has 1 aromatic heterocycles. The van der Waals surface area contributed by atoms with Crippen molar-refractivity contribution in [1.82, 2.24) is 20.1 Å². The Morgan fingerprint density at radius 2 is 2.32 bits per heavy atom. The highest BCUT2D eigenvalue weighted by atomic mass is 15.3. The van der Waals surface area contributed by atoms with Crippen LogP contribution in [0.15, 0.2) is 6.33 Å². The van der Waals surface area contributed by atoms with Gasteiger partial charge in [0.2, 0.25) is 0 Å². The fraction of sp³-hybridized carbons (Fsp3) is 0.692. The summed E-state index contributed by atoms with van der Waals surface area (Å²) >= 11 is 0. The van der Waals surface area contributed by atoms with Gasteiger partial charge in [-0.25, -0.2) is 4.98 Å². The van der Waals surface area contributed by atoms with Gasteiger partial charge >= 0.3 is 0 Å². The maximum absolute atomic E-state index is 9.40. The first-order valence-corrected chi connectivity index (χ1v) is 6.70. The van der Waals surface area contributed by atoms with E-state index < -0.39 is 5.54 Å². The number of nitriles is 2. The number of hydrogen-bond donors (Lipinski definition) is 1. The summed E-state index contributed by atoms with van der Waals surface area (Å²) in [5.41, 5.74) is -0.417. The highest BCUT2D eigenvalue weighted by molar-refractivity contribution is 5.09. The standard InChI is InChI=1S/C13H18N6/c1-2-13(9-15,17-11-4-5-11)6-3-7-19-10-16-12(8-14)18-19/h10-11,17H,2-7H2,1H3. The lowest BCUT2D eigenvalue weighted by molar-refractivity contribution is 0.348. The van der Waals surface area contributed by atoms with Crippen LogP contribution in [0.5, 0.6) is 0 Å². The van der Waals surface area contributed by atoms with Gasteiger partial charge < -0.3 is 0 Å². The molecule has 1 heterocycles. The fourth-order valence-electron chi connectivity index (χ4n) is 2.13. The van der Waals surface area contributed by atoms with Crippen LogP contribution < -0.4 is 5.32 Å². The smallest absolute Gasteiger partial charge is 0.252 e. The monoisotopic (exact) mass is 258 g/mol. The number of aromatic nitrogens is 3. The summed E-state index contributed by atoms with van der Waals surface area (Å²) in [5.74, 6) is 0.193. The van der Waals surface area contributed by atoms with E-state index in [2.05, 4.69) is 21.5 Å². The van der Waals surface area contributed by atoms with Gasteiger partial charge in [0, 0.05) is 12.6 Å². The summed E-state index contributed by atoms with van der Waals surface area (Å²) in [4.78, 5) is 3.86. The topological polar surface area (TPSA) is 90.3 Å². The van der Waals surface area contributed by atoms with Crippen molar-refractivity contribution in [3.8, 4) is 12.1 Å². The summed E-state index contributed by atoms with van der Waals surface area (Å²) in [6.45, 7) is 2.73. The maximum atomic E-state index is 9.40. The molecular weight excluding hydrogens is 240 g/mol. The molecule has 0 spiro atoms. The first-order valence-electron chi connectivity index (χ1n) is 6.70. The second kappa shape index (κ2) is 5.81. The Bertz CT molecular complexity index is 504. The predicted octanol–water partition coefficient (Wildman–Crippen LogP) is 1.35. The maximum Gasteiger partial charge on any atom is 0.252 e. The second-order valence-corrected chi connectivity index (χ2v) is 5.01. The van der Waals surface area contributed by atoms with E-state index in [4.69, 9.17) is 5.26 Å². The molecule has 1 atom stereocenters. The SMILES string of the molecule is CCC(C#N)(CCCn1cnc(C#N)n1)NC1CC1. The van der Waals surface area contributed by atoms with Gasteiger partial charge in [-0.2, -0.15) is 10.5 Å². The van der Waals surface area contributed by atoms with Crippen LogP contribution in [0.4, 0.5) is 0 Å². The average Bonchev–Trinajstić information content (AvgIpc) is 3.13. The molecule has 0 saturated heterocycles. The zero-order chi connectivity index (χ0) is 13.7. The molecule has 19 heavy (non-hydrogen) atoms. The van der Waals surface area contributed by atoms with E-state index in [1.807, 2.05) is 13.0 Å². The van der Waals surface area contributed by atoms with Gasteiger partial charge in [-0.1, -0.05) is 6.92 Å². The lowest BCUT2D eigenvalue weighted by Gasteiger charge is -2.26. The minimum atomic E-state index is -0.417. The third kappa shape index (κ3) is 3.52. The molecule has 2 rings (SSSR count). The molecule has 1 fully saturated rings. The normalized spacial score (nSPS) is 17.4. The lowest BCUT2D eigenvalue weighted by Crippen LogP contribution is -2.44. The molecular formula is C13H18N6. The quantitative estimate of drug-likeness (QED) is 0.797. The molecule has 0 amide bonds. The van der Waals surface area contributed by atoms with Gasteiger partial charge in [0.25, 0.3) is 5.82 Å². The van der Waals surface area contributed by atoms with Crippen molar-refractivity contribution in [1.29, 1.82) is 10.5 Å². The Morgan fingerprint density at radius 1 is 1.53 bits per heavy atom. The molecule has 1 aromatic rings. The average molecular weight is 258 g/mol. The van der Waals surface area contributed by atoms with Crippen LogP contribution in [-0.4, -0.2) is 26.3 Å². The van der Waals surface area contributed by atoms with E-state index in [1.54, 1.807) is 11.0 Å². The molecule has 1 N–H and O–H groups in total. The van der Waals surface area contributed by atoms with E-state index in [1.165, 1.54) is 12.8 Å². The Labute approximate surface area is 113 Å². The molecule has 6 nitrogen and oxygen atoms in total. The van der Waals surface area contributed by atoms with Crippen LogP contribution >= 0.6 is 0 Å². The van der Waals surface area contributed by atoms with E-state index in [9.17, 15) is 5.26 Å². The van der Waals surface area contributed by atoms with Crippen LogP contribution in [0.2, 0.25) is 0 Å². The van der Waals surface area contributed by atoms with Crippen molar-refractivity contribution in [2.75, 3.05) is 0 Å². The van der Waals surface area contributed by atoms with Crippen molar-refractivity contribution >= 4 is 0 Å². The first kappa shape index (κ1) is 13.5. The van der Waals surface area contributed by atoms with Crippen molar-refractivity contribution in [2.24, 2.45) is 0 Å². The summed E-state index contributed by atoms with van der Waals surface area (Å²) < 4.78 is 1.66. The van der Waals surface area contributed by atoms with Crippen LogP contribution in [0.1, 0.15) is 44.9 Å². The minimum Gasteiger partial charge on any atom is -0.297 e. The lowest BCUT2D eigenvalue weighted by atomic mass is 9.92. The Morgan fingerprint density at radius 3 is 2.84 bits per heavy atom. The van der Waals surface area contributed by atoms with Crippen molar-refractivity contribution in [3.63, 3.8) is 0 Å². The molecule has 1 aliphatic carbocycles. The summed E-state index contributed by atoms with van der Waals surface area (Å²) in [6, 6.07) is 4.86. The van der Waals surface area contributed by atoms with Crippen LogP contribution in [-0.2, 0) is 6.54 Å². The number of rotatable bonds is 7. The fourth-order valence-corrected chi connectivity index (χ4v) is 2.13. The van der Waals surface area contributed by atoms with Crippen molar-refractivity contribution in [3.05, 3.63) is 12.2 Å². The van der Waals surface area contributed by atoms with Gasteiger partial charge in [0.05, 0.1) is 6.07 Å². The van der Waals surface area contributed by atoms with E-state index >= 15 is 0 Å². The third-order valence-electron chi connectivity index (χ3n) is 3.50. The van der Waals surface area contributed by atoms with Crippen molar-refractivity contribution < 1.29 is 0 Å². The Kier molecular flexibility index (Phi) is 4.13. The van der Waals surface area contributed by atoms with Gasteiger partial charge in [-0.3, -0.25) is 10.00 Å². The zero-order valence-electron chi connectivity index (χ0n) is 11.1. The zero-order valence-corrected chi connectivity index (χ0v) is 11.1. The highest BCUT2D eigenvalue weighted by Gasteiger charge is 2.34. The Balaban J connectivity index is 1.85. The third-order valence-corrected chi connectivity index (χ3v) is 3.50. The van der Waals surface area contributed by atoms with Gasteiger partial charge in [-0.15, -0.1) is 5.10 Å². The summed E-state index contributed by atoms with van der Waals surface area (Å²) in [5, 5.41) is 25.5. The second-order valence-electron chi connectivity index (χ2n) is 5.01. The van der Waals surface area contributed by atoms with Crippen molar-refractivity contribution in [2.45, 2.75) is 57.2 Å². The highest BCUT2D eigenvalue weighted by Crippen LogP contribution is 2.26. The largest absolute Gasteiger partial charge is 0.297 e. The van der Waals surface area contributed by atoms with E-state index in [0.29, 0.717) is 12.6 Å². The van der Waals surface area contributed by atoms with E-state index in [0.717, 1.165) is 19.3 Å².